The summed E-state index contributed by atoms with van der Waals surface area (Å²) in [5, 5.41) is 44.1. The van der Waals surface area contributed by atoms with E-state index in [1.807, 2.05) is 0 Å². The SMILES string of the molecule is COc1cccc2c1C(=O)c1c(c(O)c3c(c1[N+](=O)[O-])[C@@H](O)C[C@](O)(C(C)=O)C3)C2=O. The van der Waals surface area contributed by atoms with Crippen LogP contribution in [0.15, 0.2) is 18.2 Å². The van der Waals surface area contributed by atoms with E-state index in [0.717, 1.165) is 6.92 Å². The molecule has 2 atom stereocenters. The Balaban J connectivity index is 2.12. The first-order valence-electron chi connectivity index (χ1n) is 9.27. The van der Waals surface area contributed by atoms with Crippen LogP contribution in [-0.4, -0.2) is 50.3 Å². The lowest BCUT2D eigenvalue weighted by Crippen LogP contribution is -2.44. The van der Waals surface area contributed by atoms with Gasteiger partial charge in [-0.2, -0.15) is 0 Å². The zero-order chi connectivity index (χ0) is 22.8. The quantitative estimate of drug-likeness (QED) is 0.414. The minimum atomic E-state index is -2.09. The van der Waals surface area contributed by atoms with Gasteiger partial charge in [0.15, 0.2) is 11.6 Å². The van der Waals surface area contributed by atoms with Gasteiger partial charge in [-0.15, -0.1) is 0 Å². The van der Waals surface area contributed by atoms with Crippen molar-refractivity contribution in [1.82, 2.24) is 0 Å². The van der Waals surface area contributed by atoms with Crippen LogP contribution in [0.2, 0.25) is 0 Å². The second-order valence-electron chi connectivity index (χ2n) is 7.62. The zero-order valence-electron chi connectivity index (χ0n) is 16.5. The van der Waals surface area contributed by atoms with Gasteiger partial charge in [0.1, 0.15) is 22.7 Å². The number of phenolic OH excluding ortho intramolecular Hbond substituents is 1. The molecule has 3 N–H and O–H groups in total. The van der Waals surface area contributed by atoms with Crippen LogP contribution in [0.4, 0.5) is 5.69 Å². The Labute approximate surface area is 174 Å². The summed E-state index contributed by atoms with van der Waals surface area (Å²) in [7, 11) is 1.27. The number of nitro benzene ring substituents is 1. The maximum absolute atomic E-state index is 13.3. The molecule has 0 radical (unpaired) electrons. The van der Waals surface area contributed by atoms with Crippen molar-refractivity contribution in [2.75, 3.05) is 7.11 Å². The molecule has 4 rings (SSSR count). The van der Waals surface area contributed by atoms with Crippen molar-refractivity contribution >= 4 is 23.0 Å². The predicted molar refractivity (Wildman–Crippen MR) is 104 cm³/mol. The number of aliphatic hydroxyl groups excluding tert-OH is 1. The number of nitro groups is 1. The molecule has 0 saturated carbocycles. The third kappa shape index (κ3) is 2.69. The highest BCUT2D eigenvalue weighted by molar-refractivity contribution is 6.32. The summed E-state index contributed by atoms with van der Waals surface area (Å²) in [6.45, 7) is 1.08. The molecular weight excluding hydrogens is 410 g/mol. The normalized spacial score (nSPS) is 21.7. The van der Waals surface area contributed by atoms with Crippen molar-refractivity contribution in [3.05, 3.63) is 61.7 Å². The number of ketones is 3. The van der Waals surface area contributed by atoms with E-state index < -0.39 is 74.9 Å². The van der Waals surface area contributed by atoms with Crippen molar-refractivity contribution in [1.29, 1.82) is 0 Å². The number of phenols is 1. The molecule has 2 aromatic carbocycles. The van der Waals surface area contributed by atoms with E-state index in [1.165, 1.54) is 25.3 Å². The first-order chi connectivity index (χ1) is 14.5. The summed E-state index contributed by atoms with van der Waals surface area (Å²) in [6.07, 6.45) is -2.84. The molecule has 0 saturated heterocycles. The van der Waals surface area contributed by atoms with Gasteiger partial charge in [-0.1, -0.05) is 12.1 Å². The summed E-state index contributed by atoms with van der Waals surface area (Å²) < 4.78 is 5.14. The van der Waals surface area contributed by atoms with E-state index in [1.54, 1.807) is 0 Å². The number of nitrogens with zero attached hydrogens (tertiary/aromatic N) is 1. The summed E-state index contributed by atoms with van der Waals surface area (Å²) in [4.78, 5) is 49.5. The highest BCUT2D eigenvalue weighted by Crippen LogP contribution is 2.51. The van der Waals surface area contributed by atoms with Gasteiger partial charge in [-0.05, 0) is 13.0 Å². The number of rotatable bonds is 3. The number of methoxy groups -OCH3 is 1. The fraction of sp³-hybridized carbons (Fsp3) is 0.286. The first-order valence-corrected chi connectivity index (χ1v) is 9.27. The average Bonchev–Trinajstić information content (AvgIpc) is 2.71. The Bertz CT molecular complexity index is 1220. The summed E-state index contributed by atoms with van der Waals surface area (Å²) in [6, 6.07) is 4.20. The van der Waals surface area contributed by atoms with E-state index in [2.05, 4.69) is 0 Å². The van der Waals surface area contributed by atoms with Crippen LogP contribution in [0.3, 0.4) is 0 Å². The number of Topliss-reactive ketones (excluding diaryl/α,β-unsaturated/α-hetero) is 1. The number of carbonyl (C=O) groups excluding carboxylic acids is 3. The van der Waals surface area contributed by atoms with E-state index >= 15 is 0 Å². The smallest absolute Gasteiger partial charge is 0.287 e. The molecule has 0 heterocycles. The van der Waals surface area contributed by atoms with Crippen LogP contribution < -0.4 is 4.74 Å². The standard InChI is InChI=1S/C21H17NO9/c1-8(23)21(28)6-10-13(11(24)7-21)17(22(29)30)15-16(19(10)26)18(25)9-4-3-5-12(31-2)14(9)20(15)27/h3-5,11,24,26,28H,6-7H2,1-2H3/t11-,21-/m0/s1. The fourth-order valence-electron chi connectivity index (χ4n) is 4.40. The van der Waals surface area contributed by atoms with Crippen molar-refractivity contribution in [3.63, 3.8) is 0 Å². The summed E-state index contributed by atoms with van der Waals surface area (Å²) in [5.41, 5.74) is -5.19. The number of carbonyl (C=O) groups is 3. The monoisotopic (exact) mass is 427 g/mol. The van der Waals surface area contributed by atoms with Crippen LogP contribution >= 0.6 is 0 Å². The predicted octanol–water partition coefficient (Wildman–Crippen LogP) is 1.38. The Morgan fingerprint density at radius 3 is 2.48 bits per heavy atom. The molecule has 2 aromatic rings. The largest absolute Gasteiger partial charge is 0.507 e. The molecule has 10 heteroatoms. The van der Waals surface area contributed by atoms with Gasteiger partial charge in [0, 0.05) is 24.0 Å². The Hall–Kier alpha value is -3.63. The van der Waals surface area contributed by atoms with E-state index in [4.69, 9.17) is 4.74 Å². The van der Waals surface area contributed by atoms with Crippen LogP contribution in [-0.2, 0) is 11.2 Å². The minimum absolute atomic E-state index is 0.0273. The molecule has 31 heavy (non-hydrogen) atoms. The molecule has 0 aliphatic heterocycles. The van der Waals surface area contributed by atoms with Crippen molar-refractivity contribution < 1.29 is 39.4 Å². The molecular formula is C21H17NO9. The van der Waals surface area contributed by atoms with Gasteiger partial charge in [0.2, 0.25) is 5.78 Å². The lowest BCUT2D eigenvalue weighted by Gasteiger charge is -2.35. The summed E-state index contributed by atoms with van der Waals surface area (Å²) in [5.74, 6) is -3.22. The van der Waals surface area contributed by atoms with Gasteiger partial charge in [0.25, 0.3) is 5.69 Å². The number of hydrogen-bond donors (Lipinski definition) is 3. The second-order valence-corrected chi connectivity index (χ2v) is 7.62. The Morgan fingerprint density at radius 2 is 1.90 bits per heavy atom. The molecule has 0 fully saturated rings. The number of hydrogen-bond acceptors (Lipinski definition) is 9. The lowest BCUT2D eigenvalue weighted by molar-refractivity contribution is -0.386. The number of aliphatic hydroxyl groups is 2. The molecule has 0 spiro atoms. The summed E-state index contributed by atoms with van der Waals surface area (Å²) >= 11 is 0. The third-order valence-corrected chi connectivity index (χ3v) is 5.93. The number of ether oxygens (including phenoxy) is 1. The van der Waals surface area contributed by atoms with Gasteiger partial charge < -0.3 is 20.1 Å². The van der Waals surface area contributed by atoms with E-state index in [-0.39, 0.29) is 22.4 Å². The van der Waals surface area contributed by atoms with Crippen molar-refractivity contribution in [2.24, 2.45) is 0 Å². The Morgan fingerprint density at radius 1 is 1.23 bits per heavy atom. The molecule has 2 aliphatic rings. The lowest BCUT2D eigenvalue weighted by atomic mass is 9.71. The van der Waals surface area contributed by atoms with E-state index in [0.29, 0.717) is 0 Å². The zero-order valence-corrected chi connectivity index (χ0v) is 16.5. The fourth-order valence-corrected chi connectivity index (χ4v) is 4.40. The molecule has 0 aromatic heterocycles. The average molecular weight is 427 g/mol. The van der Waals surface area contributed by atoms with Crippen LogP contribution in [0.25, 0.3) is 0 Å². The first kappa shape index (κ1) is 20.6. The van der Waals surface area contributed by atoms with Gasteiger partial charge >= 0.3 is 0 Å². The van der Waals surface area contributed by atoms with Gasteiger partial charge in [-0.25, -0.2) is 0 Å². The van der Waals surface area contributed by atoms with Crippen LogP contribution in [0.1, 0.15) is 62.4 Å². The number of benzene rings is 2. The maximum Gasteiger partial charge on any atom is 0.287 e. The van der Waals surface area contributed by atoms with E-state index in [9.17, 15) is 39.8 Å². The maximum atomic E-state index is 13.3. The van der Waals surface area contributed by atoms with Gasteiger partial charge in [-0.3, -0.25) is 24.5 Å². The molecule has 10 nitrogen and oxygen atoms in total. The van der Waals surface area contributed by atoms with Crippen molar-refractivity contribution in [2.45, 2.75) is 31.5 Å². The molecule has 0 amide bonds. The highest BCUT2D eigenvalue weighted by Gasteiger charge is 2.50. The molecule has 0 bridgehead atoms. The highest BCUT2D eigenvalue weighted by atomic mass is 16.6. The van der Waals surface area contributed by atoms with Crippen molar-refractivity contribution in [3.8, 4) is 11.5 Å². The number of aromatic hydroxyl groups is 1. The molecule has 160 valence electrons. The van der Waals surface area contributed by atoms with Gasteiger partial charge in [0.05, 0.1) is 34.8 Å². The molecule has 0 unspecified atom stereocenters. The number of fused-ring (bicyclic) bond motifs is 3. The molecule has 2 aliphatic carbocycles. The Kier molecular flexibility index (Phi) is 4.45. The third-order valence-electron chi connectivity index (χ3n) is 5.93. The second kappa shape index (κ2) is 6.69. The minimum Gasteiger partial charge on any atom is -0.507 e. The van der Waals surface area contributed by atoms with Crippen LogP contribution in [0, 0.1) is 10.1 Å². The topological polar surface area (TPSA) is 164 Å². The van der Waals surface area contributed by atoms with Crippen LogP contribution in [0.5, 0.6) is 11.5 Å².